The van der Waals surface area contributed by atoms with Gasteiger partial charge in [-0.05, 0) is 30.7 Å². The zero-order valence-corrected chi connectivity index (χ0v) is 17.2. The summed E-state index contributed by atoms with van der Waals surface area (Å²) in [4.78, 5) is 38.1. The molecule has 8 nitrogen and oxygen atoms in total. The van der Waals surface area contributed by atoms with E-state index in [2.05, 4.69) is 27.5 Å². The topological polar surface area (TPSA) is 90.5 Å². The number of pyridine rings is 2. The Kier molecular flexibility index (Phi) is 6.64. The molecule has 1 aliphatic heterocycles. The molecule has 1 atom stereocenters. The molecule has 2 aromatic heterocycles. The Morgan fingerprint density at radius 2 is 1.55 bits per heavy atom. The maximum absolute atomic E-state index is 13.0. The standard InChI is InChI=1S/C21H28N6O2/c1-4-5-17-14-26(20(28)18-8-6-15(22-2)12-24-18)10-11-27(17)21(29)19-9-7-16(23-3)13-25-19/h6-9,12-13,17,22-23H,4-5,10-11,14H2,1-3H3. The van der Waals surface area contributed by atoms with E-state index in [1.807, 2.05) is 31.1 Å². The maximum Gasteiger partial charge on any atom is 0.272 e. The number of carbonyl (C=O) groups excluding carboxylic acids is 2. The summed E-state index contributed by atoms with van der Waals surface area (Å²) < 4.78 is 0. The van der Waals surface area contributed by atoms with Crippen molar-refractivity contribution < 1.29 is 9.59 Å². The molecule has 2 N–H and O–H groups in total. The molecule has 0 aliphatic carbocycles. The van der Waals surface area contributed by atoms with E-state index >= 15 is 0 Å². The highest BCUT2D eigenvalue weighted by molar-refractivity contribution is 5.94. The van der Waals surface area contributed by atoms with E-state index < -0.39 is 0 Å². The summed E-state index contributed by atoms with van der Waals surface area (Å²) in [7, 11) is 3.62. The largest absolute Gasteiger partial charge is 0.387 e. The van der Waals surface area contributed by atoms with Crippen LogP contribution in [0.25, 0.3) is 0 Å². The minimum atomic E-state index is -0.0997. The predicted molar refractivity (Wildman–Crippen MR) is 113 cm³/mol. The Morgan fingerprint density at radius 3 is 2.03 bits per heavy atom. The zero-order chi connectivity index (χ0) is 20.8. The Morgan fingerprint density at radius 1 is 0.966 bits per heavy atom. The number of rotatable bonds is 6. The van der Waals surface area contributed by atoms with Crippen LogP contribution in [-0.2, 0) is 0 Å². The molecule has 3 heterocycles. The molecule has 3 rings (SSSR count). The maximum atomic E-state index is 13.0. The van der Waals surface area contributed by atoms with E-state index in [9.17, 15) is 9.59 Å². The molecule has 0 aromatic carbocycles. The molecule has 0 spiro atoms. The van der Waals surface area contributed by atoms with Gasteiger partial charge in [0.2, 0.25) is 0 Å². The van der Waals surface area contributed by atoms with Gasteiger partial charge in [-0.2, -0.15) is 0 Å². The van der Waals surface area contributed by atoms with Crippen molar-refractivity contribution in [2.24, 2.45) is 0 Å². The van der Waals surface area contributed by atoms with Crippen molar-refractivity contribution >= 4 is 23.2 Å². The van der Waals surface area contributed by atoms with Crippen molar-refractivity contribution in [1.82, 2.24) is 19.8 Å². The number of amides is 2. The van der Waals surface area contributed by atoms with Crippen LogP contribution < -0.4 is 10.6 Å². The first-order valence-electron chi connectivity index (χ1n) is 9.95. The Balaban J connectivity index is 1.72. The number of hydrogen-bond acceptors (Lipinski definition) is 6. The van der Waals surface area contributed by atoms with Gasteiger partial charge in [0.05, 0.1) is 23.8 Å². The van der Waals surface area contributed by atoms with Gasteiger partial charge >= 0.3 is 0 Å². The number of carbonyl (C=O) groups is 2. The molecule has 154 valence electrons. The third kappa shape index (κ3) is 4.64. The number of aromatic nitrogens is 2. The van der Waals surface area contributed by atoms with Crippen LogP contribution in [0.4, 0.5) is 11.4 Å². The fourth-order valence-corrected chi connectivity index (χ4v) is 3.53. The van der Waals surface area contributed by atoms with Crippen LogP contribution in [0.2, 0.25) is 0 Å². The smallest absolute Gasteiger partial charge is 0.272 e. The summed E-state index contributed by atoms with van der Waals surface area (Å²) in [5.74, 6) is -0.188. The van der Waals surface area contributed by atoms with E-state index in [0.29, 0.717) is 31.0 Å². The SMILES string of the molecule is CCCC1CN(C(=O)c2ccc(NC)cn2)CCN1C(=O)c1ccc(NC)cn1. The van der Waals surface area contributed by atoms with Crippen molar-refractivity contribution in [2.45, 2.75) is 25.8 Å². The average Bonchev–Trinajstić information content (AvgIpc) is 2.78. The molecule has 0 radical (unpaired) electrons. The number of hydrogen-bond donors (Lipinski definition) is 2. The summed E-state index contributed by atoms with van der Waals surface area (Å²) in [5.41, 5.74) is 2.56. The van der Waals surface area contributed by atoms with Gasteiger partial charge in [0.25, 0.3) is 11.8 Å². The summed E-state index contributed by atoms with van der Waals surface area (Å²) in [5, 5.41) is 6.00. The second-order valence-electron chi connectivity index (χ2n) is 7.06. The molecule has 2 amide bonds. The van der Waals surface area contributed by atoms with Crippen molar-refractivity contribution in [2.75, 3.05) is 44.4 Å². The Bertz CT molecular complexity index is 837. The third-order valence-electron chi connectivity index (χ3n) is 5.20. The lowest BCUT2D eigenvalue weighted by atomic mass is 10.1. The minimum absolute atomic E-state index is 0.0347. The molecule has 8 heteroatoms. The molecular weight excluding hydrogens is 368 g/mol. The monoisotopic (exact) mass is 396 g/mol. The van der Waals surface area contributed by atoms with Crippen LogP contribution in [0.5, 0.6) is 0 Å². The molecule has 1 aliphatic rings. The molecular formula is C21H28N6O2. The summed E-state index contributed by atoms with van der Waals surface area (Å²) in [6.45, 7) is 3.55. The van der Waals surface area contributed by atoms with Crippen molar-refractivity contribution in [3.8, 4) is 0 Å². The molecule has 2 aromatic rings. The molecule has 1 saturated heterocycles. The van der Waals surface area contributed by atoms with Gasteiger partial charge in [0.15, 0.2) is 0 Å². The number of nitrogens with zero attached hydrogens (tertiary/aromatic N) is 4. The normalized spacial score (nSPS) is 16.4. The fraction of sp³-hybridized carbons (Fsp3) is 0.429. The van der Waals surface area contributed by atoms with E-state index in [0.717, 1.165) is 24.2 Å². The molecule has 1 fully saturated rings. The van der Waals surface area contributed by atoms with Crippen LogP contribution in [-0.4, -0.2) is 71.4 Å². The van der Waals surface area contributed by atoms with Gasteiger partial charge in [-0.25, -0.2) is 9.97 Å². The summed E-state index contributed by atoms with van der Waals surface area (Å²) in [6.07, 6.45) is 5.06. The van der Waals surface area contributed by atoms with Crippen LogP contribution in [0.15, 0.2) is 36.7 Å². The van der Waals surface area contributed by atoms with E-state index in [1.165, 1.54) is 0 Å². The van der Waals surface area contributed by atoms with Crippen LogP contribution in [0.3, 0.4) is 0 Å². The van der Waals surface area contributed by atoms with Crippen LogP contribution in [0, 0.1) is 0 Å². The molecule has 29 heavy (non-hydrogen) atoms. The number of anilines is 2. The van der Waals surface area contributed by atoms with Gasteiger partial charge in [-0.3, -0.25) is 9.59 Å². The first-order chi connectivity index (χ1) is 14.1. The lowest BCUT2D eigenvalue weighted by Gasteiger charge is -2.41. The highest BCUT2D eigenvalue weighted by atomic mass is 16.2. The zero-order valence-electron chi connectivity index (χ0n) is 17.2. The minimum Gasteiger partial charge on any atom is -0.387 e. The lowest BCUT2D eigenvalue weighted by molar-refractivity contribution is 0.0364. The van der Waals surface area contributed by atoms with Crippen molar-refractivity contribution in [1.29, 1.82) is 0 Å². The predicted octanol–water partition coefficient (Wildman–Crippen LogP) is 2.33. The van der Waals surface area contributed by atoms with Crippen LogP contribution in [0.1, 0.15) is 40.7 Å². The summed E-state index contributed by atoms with van der Waals surface area (Å²) in [6, 6.07) is 7.11. The van der Waals surface area contributed by atoms with Gasteiger partial charge in [0.1, 0.15) is 11.4 Å². The number of piperazine rings is 1. The van der Waals surface area contributed by atoms with E-state index in [-0.39, 0.29) is 17.9 Å². The van der Waals surface area contributed by atoms with Gasteiger partial charge in [-0.15, -0.1) is 0 Å². The van der Waals surface area contributed by atoms with E-state index in [1.54, 1.807) is 29.4 Å². The highest BCUT2D eigenvalue weighted by Gasteiger charge is 2.33. The van der Waals surface area contributed by atoms with Crippen molar-refractivity contribution in [3.05, 3.63) is 48.0 Å². The molecule has 1 unspecified atom stereocenters. The first-order valence-corrected chi connectivity index (χ1v) is 9.95. The molecule has 0 saturated carbocycles. The van der Waals surface area contributed by atoms with E-state index in [4.69, 9.17) is 0 Å². The second-order valence-corrected chi connectivity index (χ2v) is 7.06. The first kappa shape index (κ1) is 20.6. The van der Waals surface area contributed by atoms with Gasteiger partial charge in [0, 0.05) is 39.8 Å². The lowest BCUT2D eigenvalue weighted by Crippen LogP contribution is -2.56. The fourth-order valence-electron chi connectivity index (χ4n) is 3.53. The molecule has 0 bridgehead atoms. The van der Waals surface area contributed by atoms with Gasteiger partial charge in [-0.1, -0.05) is 13.3 Å². The second kappa shape index (κ2) is 9.36. The average molecular weight is 396 g/mol. The third-order valence-corrected chi connectivity index (χ3v) is 5.20. The highest BCUT2D eigenvalue weighted by Crippen LogP contribution is 2.19. The van der Waals surface area contributed by atoms with Crippen molar-refractivity contribution in [3.63, 3.8) is 0 Å². The Labute approximate surface area is 171 Å². The Hall–Kier alpha value is -3.16. The number of nitrogens with one attached hydrogen (secondary N) is 2. The van der Waals surface area contributed by atoms with Crippen LogP contribution >= 0.6 is 0 Å². The van der Waals surface area contributed by atoms with Gasteiger partial charge < -0.3 is 20.4 Å². The summed E-state index contributed by atoms with van der Waals surface area (Å²) >= 11 is 0. The quantitative estimate of drug-likeness (QED) is 0.779.